The van der Waals surface area contributed by atoms with E-state index < -0.39 is 11.6 Å². The lowest BCUT2D eigenvalue weighted by Gasteiger charge is -2.03. The number of carbonyl (C=O) groups excluding carboxylic acids is 1. The molecule has 0 heterocycles. The van der Waals surface area contributed by atoms with Crippen molar-refractivity contribution in [3.05, 3.63) is 65.2 Å². The predicted molar refractivity (Wildman–Crippen MR) is 69.9 cm³/mol. The van der Waals surface area contributed by atoms with Crippen molar-refractivity contribution in [2.45, 2.75) is 12.8 Å². The van der Waals surface area contributed by atoms with Crippen molar-refractivity contribution in [2.24, 2.45) is 0 Å². The van der Waals surface area contributed by atoms with Crippen LogP contribution in [0.5, 0.6) is 0 Å². The Hall–Kier alpha value is -2.23. The first-order valence-electron chi connectivity index (χ1n) is 5.89. The number of hydrogen-bond acceptors (Lipinski definition) is 2. The van der Waals surface area contributed by atoms with Crippen LogP contribution in [0.2, 0.25) is 0 Å². The monoisotopic (exact) mass is 261 g/mol. The first kappa shape index (κ1) is 13.2. The van der Waals surface area contributed by atoms with Gasteiger partial charge in [0.25, 0.3) is 0 Å². The van der Waals surface area contributed by atoms with Gasteiger partial charge in [0.15, 0.2) is 17.4 Å². The minimum atomic E-state index is -1.00. The maximum absolute atomic E-state index is 13.0. The second-order valence-electron chi connectivity index (χ2n) is 4.29. The first-order chi connectivity index (χ1) is 9.06. The highest BCUT2D eigenvalue weighted by molar-refractivity contribution is 5.96. The van der Waals surface area contributed by atoms with Gasteiger partial charge in [-0.05, 0) is 42.3 Å². The van der Waals surface area contributed by atoms with Gasteiger partial charge in [-0.15, -0.1) is 0 Å². The Labute approximate surface area is 109 Å². The molecular formula is C15H13F2NO. The Bertz CT molecular complexity index is 594. The summed E-state index contributed by atoms with van der Waals surface area (Å²) in [5.41, 5.74) is 7.39. The van der Waals surface area contributed by atoms with E-state index in [1.54, 1.807) is 12.1 Å². The van der Waals surface area contributed by atoms with E-state index in [0.29, 0.717) is 12.1 Å². The maximum atomic E-state index is 13.0. The van der Waals surface area contributed by atoms with Crippen LogP contribution in [-0.4, -0.2) is 5.78 Å². The summed E-state index contributed by atoms with van der Waals surface area (Å²) >= 11 is 0. The van der Waals surface area contributed by atoms with Crippen molar-refractivity contribution in [3.8, 4) is 0 Å². The highest BCUT2D eigenvalue weighted by Gasteiger charge is 2.09. The predicted octanol–water partition coefficient (Wildman–Crippen LogP) is 3.36. The van der Waals surface area contributed by atoms with Gasteiger partial charge in [0.1, 0.15) is 0 Å². The summed E-state index contributed by atoms with van der Waals surface area (Å²) in [5.74, 6) is -2.16. The molecule has 0 aliphatic carbocycles. The van der Waals surface area contributed by atoms with Crippen LogP contribution in [0.4, 0.5) is 14.5 Å². The summed E-state index contributed by atoms with van der Waals surface area (Å²) in [6, 6.07) is 10.4. The summed E-state index contributed by atoms with van der Waals surface area (Å²) in [7, 11) is 0. The summed E-state index contributed by atoms with van der Waals surface area (Å²) in [5, 5.41) is 0. The lowest BCUT2D eigenvalue weighted by Crippen LogP contribution is -2.02. The number of hydrogen-bond donors (Lipinski definition) is 1. The number of Topliss-reactive ketones (excluding diaryl/α,β-unsaturated/α-hetero) is 1. The van der Waals surface area contributed by atoms with Gasteiger partial charge in [0, 0.05) is 17.7 Å². The van der Waals surface area contributed by atoms with Crippen LogP contribution in [-0.2, 0) is 6.42 Å². The molecule has 0 atom stereocenters. The van der Waals surface area contributed by atoms with Gasteiger partial charge in [-0.25, -0.2) is 8.78 Å². The summed E-state index contributed by atoms with van der Waals surface area (Å²) < 4.78 is 25.8. The van der Waals surface area contributed by atoms with Gasteiger partial charge in [0.05, 0.1) is 0 Å². The van der Waals surface area contributed by atoms with Crippen LogP contribution in [0.1, 0.15) is 22.3 Å². The number of ketones is 1. The van der Waals surface area contributed by atoms with E-state index in [2.05, 4.69) is 0 Å². The fraction of sp³-hybridized carbons (Fsp3) is 0.133. The Kier molecular flexibility index (Phi) is 3.90. The molecule has 0 aliphatic heterocycles. The SMILES string of the molecule is Nc1ccc(CCC(=O)c2ccc(F)c(F)c2)cc1. The van der Waals surface area contributed by atoms with E-state index in [9.17, 15) is 13.6 Å². The van der Waals surface area contributed by atoms with Crippen molar-refractivity contribution < 1.29 is 13.6 Å². The Morgan fingerprint density at radius 2 is 1.68 bits per heavy atom. The normalized spacial score (nSPS) is 10.4. The molecule has 0 saturated carbocycles. The quantitative estimate of drug-likeness (QED) is 0.677. The molecule has 0 amide bonds. The summed E-state index contributed by atoms with van der Waals surface area (Å²) in [6.45, 7) is 0. The average molecular weight is 261 g/mol. The molecule has 2 nitrogen and oxygen atoms in total. The molecule has 0 unspecified atom stereocenters. The second-order valence-corrected chi connectivity index (χ2v) is 4.29. The highest BCUT2D eigenvalue weighted by Crippen LogP contribution is 2.13. The molecule has 0 saturated heterocycles. The smallest absolute Gasteiger partial charge is 0.163 e. The van der Waals surface area contributed by atoms with Gasteiger partial charge < -0.3 is 5.73 Å². The van der Waals surface area contributed by atoms with Crippen molar-refractivity contribution in [1.82, 2.24) is 0 Å². The van der Waals surface area contributed by atoms with Gasteiger partial charge in [-0.2, -0.15) is 0 Å². The molecule has 4 heteroatoms. The van der Waals surface area contributed by atoms with Gasteiger partial charge >= 0.3 is 0 Å². The fourth-order valence-corrected chi connectivity index (χ4v) is 1.76. The van der Waals surface area contributed by atoms with E-state index in [1.165, 1.54) is 6.07 Å². The van der Waals surface area contributed by atoms with Crippen molar-refractivity contribution in [1.29, 1.82) is 0 Å². The molecule has 0 aliphatic rings. The van der Waals surface area contributed by atoms with Crippen LogP contribution in [0.3, 0.4) is 0 Å². The van der Waals surface area contributed by atoms with Crippen molar-refractivity contribution in [2.75, 3.05) is 5.73 Å². The Balaban J connectivity index is 2.01. The summed E-state index contributed by atoms with van der Waals surface area (Å²) in [4.78, 5) is 11.8. The number of nitrogen functional groups attached to an aromatic ring is 1. The van der Waals surface area contributed by atoms with E-state index >= 15 is 0 Å². The number of halogens is 2. The standard InChI is InChI=1S/C15H13F2NO/c16-13-7-4-11(9-14(13)17)15(19)8-3-10-1-5-12(18)6-2-10/h1-2,4-7,9H,3,8,18H2. The molecule has 98 valence electrons. The van der Waals surface area contributed by atoms with Crippen LogP contribution in [0.25, 0.3) is 0 Å². The molecule has 0 radical (unpaired) electrons. The molecule has 19 heavy (non-hydrogen) atoms. The number of rotatable bonds is 4. The van der Waals surface area contributed by atoms with Crippen LogP contribution < -0.4 is 5.73 Å². The van der Waals surface area contributed by atoms with Gasteiger partial charge in [-0.1, -0.05) is 12.1 Å². The lowest BCUT2D eigenvalue weighted by molar-refractivity contribution is 0.0982. The van der Waals surface area contributed by atoms with Gasteiger partial charge in [-0.3, -0.25) is 4.79 Å². The zero-order chi connectivity index (χ0) is 13.8. The van der Waals surface area contributed by atoms with E-state index in [0.717, 1.165) is 17.7 Å². The number of carbonyl (C=O) groups is 1. The third kappa shape index (κ3) is 3.37. The highest BCUT2D eigenvalue weighted by atomic mass is 19.2. The topological polar surface area (TPSA) is 43.1 Å². The van der Waals surface area contributed by atoms with Crippen molar-refractivity contribution >= 4 is 11.5 Å². The molecule has 0 fully saturated rings. The van der Waals surface area contributed by atoms with E-state index in [1.807, 2.05) is 12.1 Å². The molecule has 0 bridgehead atoms. The minimum Gasteiger partial charge on any atom is -0.399 e. The summed E-state index contributed by atoms with van der Waals surface area (Å²) in [6.07, 6.45) is 0.785. The molecule has 2 rings (SSSR count). The number of nitrogens with two attached hydrogens (primary N) is 1. The van der Waals surface area contributed by atoms with E-state index in [-0.39, 0.29) is 17.8 Å². The molecule has 2 N–H and O–H groups in total. The van der Waals surface area contributed by atoms with Crippen LogP contribution in [0, 0.1) is 11.6 Å². The average Bonchev–Trinajstić information content (AvgIpc) is 2.41. The third-order valence-corrected chi connectivity index (χ3v) is 2.86. The minimum absolute atomic E-state index is 0.189. The third-order valence-electron chi connectivity index (χ3n) is 2.86. The number of aryl methyl sites for hydroxylation is 1. The molecule has 0 spiro atoms. The van der Waals surface area contributed by atoms with Crippen LogP contribution in [0.15, 0.2) is 42.5 Å². The van der Waals surface area contributed by atoms with E-state index in [4.69, 9.17) is 5.73 Å². The fourth-order valence-electron chi connectivity index (χ4n) is 1.76. The lowest BCUT2D eigenvalue weighted by atomic mass is 10.0. The Morgan fingerprint density at radius 3 is 2.32 bits per heavy atom. The first-order valence-corrected chi connectivity index (χ1v) is 5.89. The molecular weight excluding hydrogens is 248 g/mol. The number of anilines is 1. The number of benzene rings is 2. The zero-order valence-corrected chi connectivity index (χ0v) is 10.2. The molecule has 0 aromatic heterocycles. The molecule has 2 aromatic rings. The van der Waals surface area contributed by atoms with Crippen molar-refractivity contribution in [3.63, 3.8) is 0 Å². The van der Waals surface area contributed by atoms with Gasteiger partial charge in [0.2, 0.25) is 0 Å². The maximum Gasteiger partial charge on any atom is 0.163 e. The Morgan fingerprint density at radius 1 is 1.00 bits per heavy atom. The second kappa shape index (κ2) is 5.61. The molecule has 2 aromatic carbocycles. The zero-order valence-electron chi connectivity index (χ0n) is 10.2. The largest absolute Gasteiger partial charge is 0.399 e. The van der Waals surface area contributed by atoms with Crippen LogP contribution >= 0.6 is 0 Å².